The first-order valence-corrected chi connectivity index (χ1v) is 6.64. The molecule has 0 aliphatic carbocycles. The van der Waals surface area contributed by atoms with Crippen molar-refractivity contribution < 1.29 is 4.74 Å². The molecule has 0 radical (unpaired) electrons. The normalized spacial score (nSPS) is 24.6. The number of hydrogen-bond acceptors (Lipinski definition) is 3. The lowest BCUT2D eigenvalue weighted by molar-refractivity contribution is -0.0679. The molecule has 1 aliphatic heterocycles. The van der Waals surface area contributed by atoms with Gasteiger partial charge in [0.25, 0.3) is 0 Å². The second-order valence-electron chi connectivity index (χ2n) is 4.81. The minimum Gasteiger partial charge on any atom is -0.373 e. The number of aliphatic imine (C=N–C) groups is 1. The van der Waals surface area contributed by atoms with E-state index in [1.54, 1.807) is 6.08 Å². The van der Waals surface area contributed by atoms with E-state index in [2.05, 4.69) is 35.6 Å². The number of nitrogens with one attached hydrogen (secondary N) is 1. The van der Waals surface area contributed by atoms with Crippen LogP contribution >= 0.6 is 24.0 Å². The van der Waals surface area contributed by atoms with Gasteiger partial charge in [-0.3, -0.25) is 9.89 Å². The standard InChI is InChI=1S/C13H26N4O.HI/c1-4-6-15-13(14)16-7-5-8-17-9-11(2)18-12(3)10-17;/h4,11-12H,1,5-10H2,2-3H3,(H3,14,15,16);1H. The van der Waals surface area contributed by atoms with E-state index in [4.69, 9.17) is 10.5 Å². The third-order valence-electron chi connectivity index (χ3n) is 2.84. The van der Waals surface area contributed by atoms with Crippen LogP contribution in [0.1, 0.15) is 20.3 Å². The molecule has 2 atom stereocenters. The molecular weight excluding hydrogens is 355 g/mol. The Balaban J connectivity index is 0.00000324. The minimum absolute atomic E-state index is 0. The average molecular weight is 382 g/mol. The second-order valence-corrected chi connectivity index (χ2v) is 4.81. The molecule has 1 fully saturated rings. The summed E-state index contributed by atoms with van der Waals surface area (Å²) < 4.78 is 5.70. The number of morpholine rings is 1. The molecular formula is C13H27IN4O. The maximum Gasteiger partial charge on any atom is 0.188 e. The van der Waals surface area contributed by atoms with Crippen molar-refractivity contribution in [1.82, 2.24) is 10.2 Å². The molecule has 2 unspecified atom stereocenters. The molecule has 5 nitrogen and oxygen atoms in total. The largest absolute Gasteiger partial charge is 0.373 e. The summed E-state index contributed by atoms with van der Waals surface area (Å²) in [6, 6.07) is 0. The molecule has 0 saturated carbocycles. The number of ether oxygens (including phenoxy) is 1. The molecule has 1 rings (SSSR count). The van der Waals surface area contributed by atoms with Crippen LogP contribution in [-0.4, -0.2) is 55.8 Å². The summed E-state index contributed by atoms with van der Waals surface area (Å²) in [5.74, 6) is 0.499. The molecule has 112 valence electrons. The summed E-state index contributed by atoms with van der Waals surface area (Å²) in [4.78, 5) is 6.69. The first-order chi connectivity index (χ1) is 8.61. The fourth-order valence-corrected chi connectivity index (χ4v) is 2.19. The van der Waals surface area contributed by atoms with E-state index in [-0.39, 0.29) is 24.0 Å². The van der Waals surface area contributed by atoms with Gasteiger partial charge in [0.1, 0.15) is 0 Å². The molecule has 0 aromatic rings. The van der Waals surface area contributed by atoms with Gasteiger partial charge in [-0.25, -0.2) is 0 Å². The van der Waals surface area contributed by atoms with Crippen molar-refractivity contribution in [3.63, 3.8) is 0 Å². The van der Waals surface area contributed by atoms with Gasteiger partial charge in [-0.15, -0.1) is 30.6 Å². The molecule has 3 N–H and O–H groups in total. The van der Waals surface area contributed by atoms with Crippen LogP contribution in [-0.2, 0) is 4.74 Å². The quantitative estimate of drug-likeness (QED) is 0.238. The van der Waals surface area contributed by atoms with Crippen molar-refractivity contribution in [1.29, 1.82) is 0 Å². The van der Waals surface area contributed by atoms with E-state index >= 15 is 0 Å². The van der Waals surface area contributed by atoms with E-state index < -0.39 is 0 Å². The maximum atomic E-state index is 5.70. The van der Waals surface area contributed by atoms with Crippen LogP contribution in [0.2, 0.25) is 0 Å². The molecule has 0 aromatic carbocycles. The van der Waals surface area contributed by atoms with Gasteiger partial charge in [-0.1, -0.05) is 6.08 Å². The first-order valence-electron chi connectivity index (χ1n) is 6.64. The van der Waals surface area contributed by atoms with Crippen LogP contribution in [0.4, 0.5) is 0 Å². The molecule has 0 bridgehead atoms. The fraction of sp³-hybridized carbons (Fsp3) is 0.769. The zero-order valence-electron chi connectivity index (χ0n) is 12.0. The van der Waals surface area contributed by atoms with Gasteiger partial charge in [-0.05, 0) is 20.3 Å². The smallest absolute Gasteiger partial charge is 0.188 e. The number of nitrogens with zero attached hydrogens (tertiary/aromatic N) is 2. The van der Waals surface area contributed by atoms with Gasteiger partial charge in [-0.2, -0.15) is 0 Å². The van der Waals surface area contributed by atoms with Gasteiger partial charge in [0, 0.05) is 32.7 Å². The maximum absolute atomic E-state index is 5.70. The van der Waals surface area contributed by atoms with Crippen molar-refractivity contribution in [2.45, 2.75) is 32.5 Å². The van der Waals surface area contributed by atoms with Crippen LogP contribution in [0.3, 0.4) is 0 Å². The lowest BCUT2D eigenvalue weighted by atomic mass is 10.2. The predicted molar refractivity (Wildman–Crippen MR) is 91.2 cm³/mol. The third-order valence-corrected chi connectivity index (χ3v) is 2.84. The summed E-state index contributed by atoms with van der Waals surface area (Å²) in [5.41, 5.74) is 5.68. The summed E-state index contributed by atoms with van der Waals surface area (Å²) in [6.45, 7) is 12.4. The van der Waals surface area contributed by atoms with Gasteiger partial charge in [0.15, 0.2) is 5.96 Å². The monoisotopic (exact) mass is 382 g/mol. The highest BCUT2D eigenvalue weighted by atomic mass is 127. The number of hydrogen-bond donors (Lipinski definition) is 2. The van der Waals surface area contributed by atoms with Crippen LogP contribution in [0.25, 0.3) is 0 Å². The number of rotatable bonds is 6. The van der Waals surface area contributed by atoms with E-state index in [0.29, 0.717) is 24.7 Å². The Hall–Kier alpha value is -0.340. The van der Waals surface area contributed by atoms with E-state index in [9.17, 15) is 0 Å². The van der Waals surface area contributed by atoms with Crippen molar-refractivity contribution in [3.05, 3.63) is 12.7 Å². The van der Waals surface area contributed by atoms with Gasteiger partial charge in [0.05, 0.1) is 12.2 Å². The van der Waals surface area contributed by atoms with Crippen molar-refractivity contribution in [2.24, 2.45) is 10.7 Å². The highest BCUT2D eigenvalue weighted by Crippen LogP contribution is 2.10. The van der Waals surface area contributed by atoms with Crippen molar-refractivity contribution in [3.8, 4) is 0 Å². The Bertz CT molecular complexity index is 276. The predicted octanol–water partition coefficient (Wildman–Crippen LogP) is 1.19. The number of nitrogens with two attached hydrogens (primary N) is 1. The Morgan fingerprint density at radius 3 is 2.68 bits per heavy atom. The summed E-state index contributed by atoms with van der Waals surface area (Å²) in [7, 11) is 0. The summed E-state index contributed by atoms with van der Waals surface area (Å²) in [5, 5.41) is 2.96. The summed E-state index contributed by atoms with van der Waals surface area (Å²) in [6.07, 6.45) is 3.45. The van der Waals surface area contributed by atoms with E-state index in [1.165, 1.54) is 0 Å². The Morgan fingerprint density at radius 1 is 1.47 bits per heavy atom. The lowest BCUT2D eigenvalue weighted by Crippen LogP contribution is -2.45. The van der Waals surface area contributed by atoms with Crippen LogP contribution in [0.5, 0.6) is 0 Å². The molecule has 0 spiro atoms. The highest BCUT2D eigenvalue weighted by molar-refractivity contribution is 14.0. The average Bonchev–Trinajstić information content (AvgIpc) is 2.31. The number of halogens is 1. The number of guanidine groups is 1. The molecule has 1 aliphatic rings. The van der Waals surface area contributed by atoms with Crippen LogP contribution in [0, 0.1) is 0 Å². The first kappa shape index (κ1) is 18.7. The minimum atomic E-state index is 0. The molecule has 0 aromatic heterocycles. The van der Waals surface area contributed by atoms with Crippen LogP contribution in [0.15, 0.2) is 17.6 Å². The second kappa shape index (κ2) is 10.4. The molecule has 0 amide bonds. The topological polar surface area (TPSA) is 62.9 Å². The van der Waals surface area contributed by atoms with E-state index in [1.807, 2.05) is 0 Å². The molecule has 1 saturated heterocycles. The van der Waals surface area contributed by atoms with E-state index in [0.717, 1.165) is 32.6 Å². The van der Waals surface area contributed by atoms with Gasteiger partial charge < -0.3 is 15.8 Å². The molecule has 1 heterocycles. The zero-order valence-corrected chi connectivity index (χ0v) is 14.3. The molecule has 6 heteroatoms. The Morgan fingerprint density at radius 2 is 2.11 bits per heavy atom. The highest BCUT2D eigenvalue weighted by Gasteiger charge is 2.21. The molecule has 19 heavy (non-hydrogen) atoms. The Labute approximate surface area is 133 Å². The van der Waals surface area contributed by atoms with Crippen molar-refractivity contribution in [2.75, 3.05) is 32.7 Å². The third kappa shape index (κ3) is 8.43. The van der Waals surface area contributed by atoms with Crippen molar-refractivity contribution >= 4 is 29.9 Å². The Kier molecular flexibility index (Phi) is 10.3. The summed E-state index contributed by atoms with van der Waals surface area (Å²) >= 11 is 0. The SMILES string of the molecule is C=CCNC(N)=NCCCN1CC(C)OC(C)C1.I. The lowest BCUT2D eigenvalue weighted by Gasteiger charge is -2.35. The van der Waals surface area contributed by atoms with Gasteiger partial charge >= 0.3 is 0 Å². The fourth-order valence-electron chi connectivity index (χ4n) is 2.19. The zero-order chi connectivity index (χ0) is 13.4. The van der Waals surface area contributed by atoms with Gasteiger partial charge in [0.2, 0.25) is 0 Å². The van der Waals surface area contributed by atoms with Crippen LogP contribution < -0.4 is 11.1 Å².